The van der Waals surface area contributed by atoms with Crippen LogP contribution in [0, 0.1) is 0 Å². The summed E-state index contributed by atoms with van der Waals surface area (Å²) in [6.45, 7) is 2.94. The molecule has 0 bridgehead atoms. The molecule has 4 nitrogen and oxygen atoms in total. The van der Waals surface area contributed by atoms with Crippen LogP contribution in [0.1, 0.15) is 18.4 Å². The summed E-state index contributed by atoms with van der Waals surface area (Å²) in [5.74, 6) is 1.61. The number of hydrogen-bond acceptors (Lipinski definition) is 4. The van der Waals surface area contributed by atoms with Crippen molar-refractivity contribution in [3.63, 3.8) is 0 Å². The Balaban J connectivity index is 2.02. The fourth-order valence-corrected chi connectivity index (χ4v) is 1.86. The van der Waals surface area contributed by atoms with Crippen molar-refractivity contribution >= 4 is 11.5 Å². The molecule has 1 aromatic heterocycles. The summed E-state index contributed by atoms with van der Waals surface area (Å²) in [5.41, 5.74) is 7.80. The van der Waals surface area contributed by atoms with E-state index in [2.05, 4.69) is 29.4 Å². The van der Waals surface area contributed by atoms with E-state index in [1.807, 2.05) is 18.2 Å². The molecular formula is C15H19N3O. The van der Waals surface area contributed by atoms with Crippen LogP contribution in [0.25, 0.3) is 0 Å². The third-order valence-corrected chi connectivity index (χ3v) is 3.05. The number of pyridine rings is 1. The number of anilines is 2. The Morgan fingerprint density at radius 1 is 1.21 bits per heavy atom. The van der Waals surface area contributed by atoms with E-state index >= 15 is 0 Å². The maximum absolute atomic E-state index is 5.89. The van der Waals surface area contributed by atoms with E-state index in [9.17, 15) is 0 Å². The molecule has 0 amide bonds. The van der Waals surface area contributed by atoms with Crippen LogP contribution in [-0.2, 0) is 0 Å². The second-order valence-corrected chi connectivity index (χ2v) is 4.48. The minimum Gasteiger partial charge on any atom is -0.481 e. The van der Waals surface area contributed by atoms with E-state index in [1.54, 1.807) is 19.2 Å². The number of hydrogen-bond donors (Lipinski definition) is 2. The van der Waals surface area contributed by atoms with Crippen molar-refractivity contribution in [3.05, 3.63) is 48.0 Å². The van der Waals surface area contributed by atoms with Gasteiger partial charge in [-0.2, -0.15) is 4.98 Å². The molecule has 100 valence electrons. The van der Waals surface area contributed by atoms with Crippen molar-refractivity contribution in [3.8, 4) is 5.88 Å². The maximum Gasteiger partial charge on any atom is 0.215 e. The topological polar surface area (TPSA) is 60.2 Å². The Kier molecular flexibility index (Phi) is 4.23. The molecule has 2 rings (SSSR count). The molecule has 0 aliphatic carbocycles. The molecule has 1 unspecified atom stereocenters. The Morgan fingerprint density at radius 3 is 2.63 bits per heavy atom. The summed E-state index contributed by atoms with van der Waals surface area (Å²) in [5, 5.41) is 3.27. The van der Waals surface area contributed by atoms with Gasteiger partial charge in [-0.25, -0.2) is 0 Å². The molecule has 1 aromatic carbocycles. The molecule has 0 radical (unpaired) electrons. The van der Waals surface area contributed by atoms with Crippen LogP contribution in [0.2, 0.25) is 0 Å². The summed E-state index contributed by atoms with van der Waals surface area (Å²) < 4.78 is 5.09. The van der Waals surface area contributed by atoms with E-state index in [-0.39, 0.29) is 0 Å². The number of rotatable bonds is 5. The van der Waals surface area contributed by atoms with Gasteiger partial charge in [0.05, 0.1) is 12.8 Å². The second-order valence-electron chi connectivity index (χ2n) is 4.48. The van der Waals surface area contributed by atoms with Crippen LogP contribution >= 0.6 is 0 Å². The lowest BCUT2D eigenvalue weighted by molar-refractivity contribution is 0.398. The molecular weight excluding hydrogens is 238 g/mol. The molecule has 1 atom stereocenters. The zero-order valence-electron chi connectivity index (χ0n) is 11.3. The van der Waals surface area contributed by atoms with E-state index in [0.29, 0.717) is 23.3 Å². The van der Waals surface area contributed by atoms with Gasteiger partial charge in [-0.3, -0.25) is 0 Å². The van der Waals surface area contributed by atoms with Gasteiger partial charge in [-0.1, -0.05) is 37.3 Å². The van der Waals surface area contributed by atoms with Gasteiger partial charge in [0.25, 0.3) is 0 Å². The average Bonchev–Trinajstić information content (AvgIpc) is 2.47. The van der Waals surface area contributed by atoms with Crippen molar-refractivity contribution < 1.29 is 4.74 Å². The Bertz CT molecular complexity index is 528. The summed E-state index contributed by atoms with van der Waals surface area (Å²) in [6.07, 6.45) is 0. The molecule has 0 saturated heterocycles. The first-order valence-electron chi connectivity index (χ1n) is 6.30. The van der Waals surface area contributed by atoms with Crippen LogP contribution in [-0.4, -0.2) is 18.6 Å². The number of nitrogens with zero attached hydrogens (tertiary/aromatic N) is 1. The van der Waals surface area contributed by atoms with Crippen LogP contribution in [0.15, 0.2) is 42.5 Å². The van der Waals surface area contributed by atoms with Crippen molar-refractivity contribution in [1.82, 2.24) is 4.98 Å². The number of aromatic nitrogens is 1. The molecule has 0 saturated carbocycles. The minimum absolute atomic E-state index is 0.383. The molecule has 2 aromatic rings. The van der Waals surface area contributed by atoms with Gasteiger partial charge in [0.2, 0.25) is 5.88 Å². The van der Waals surface area contributed by atoms with Crippen molar-refractivity contribution in [2.24, 2.45) is 0 Å². The highest BCUT2D eigenvalue weighted by Crippen LogP contribution is 2.21. The predicted molar refractivity (Wildman–Crippen MR) is 78.5 cm³/mol. The monoisotopic (exact) mass is 257 g/mol. The average molecular weight is 257 g/mol. The van der Waals surface area contributed by atoms with Crippen LogP contribution in [0.4, 0.5) is 11.5 Å². The van der Waals surface area contributed by atoms with E-state index in [0.717, 1.165) is 6.54 Å². The second kappa shape index (κ2) is 6.09. The minimum atomic E-state index is 0.383. The lowest BCUT2D eigenvalue weighted by Gasteiger charge is -2.15. The summed E-state index contributed by atoms with van der Waals surface area (Å²) in [4.78, 5) is 4.30. The molecule has 4 heteroatoms. The largest absolute Gasteiger partial charge is 0.481 e. The van der Waals surface area contributed by atoms with Gasteiger partial charge in [0, 0.05) is 12.6 Å². The highest BCUT2D eigenvalue weighted by molar-refractivity contribution is 5.62. The summed E-state index contributed by atoms with van der Waals surface area (Å²) in [6, 6.07) is 13.9. The van der Waals surface area contributed by atoms with E-state index in [4.69, 9.17) is 10.5 Å². The smallest absolute Gasteiger partial charge is 0.215 e. The SMILES string of the molecule is COc1ccc(N)c(NCC(C)c2ccccc2)n1. The molecule has 0 aliphatic heterocycles. The summed E-state index contributed by atoms with van der Waals surface area (Å²) in [7, 11) is 1.59. The van der Waals surface area contributed by atoms with Crippen LogP contribution < -0.4 is 15.8 Å². The van der Waals surface area contributed by atoms with E-state index in [1.165, 1.54) is 5.56 Å². The van der Waals surface area contributed by atoms with Crippen LogP contribution in [0.3, 0.4) is 0 Å². The van der Waals surface area contributed by atoms with Crippen molar-refractivity contribution in [1.29, 1.82) is 0 Å². The van der Waals surface area contributed by atoms with Gasteiger partial charge in [-0.15, -0.1) is 0 Å². The molecule has 0 spiro atoms. The van der Waals surface area contributed by atoms with Gasteiger partial charge >= 0.3 is 0 Å². The fraction of sp³-hybridized carbons (Fsp3) is 0.267. The van der Waals surface area contributed by atoms with Crippen molar-refractivity contribution in [2.45, 2.75) is 12.8 Å². The number of nitrogens with one attached hydrogen (secondary N) is 1. The van der Waals surface area contributed by atoms with Crippen LogP contribution in [0.5, 0.6) is 5.88 Å². The summed E-state index contributed by atoms with van der Waals surface area (Å²) >= 11 is 0. The number of benzene rings is 1. The molecule has 0 aliphatic rings. The zero-order valence-corrected chi connectivity index (χ0v) is 11.3. The van der Waals surface area contributed by atoms with E-state index < -0.39 is 0 Å². The van der Waals surface area contributed by atoms with Gasteiger partial charge in [-0.05, 0) is 17.5 Å². The van der Waals surface area contributed by atoms with Gasteiger partial charge < -0.3 is 15.8 Å². The molecule has 19 heavy (non-hydrogen) atoms. The number of ether oxygens (including phenoxy) is 1. The lowest BCUT2D eigenvalue weighted by Crippen LogP contribution is -2.12. The number of nitrogens with two attached hydrogens (primary N) is 1. The third-order valence-electron chi connectivity index (χ3n) is 3.05. The molecule has 0 fully saturated rings. The lowest BCUT2D eigenvalue weighted by atomic mass is 10.0. The van der Waals surface area contributed by atoms with Gasteiger partial charge in [0.15, 0.2) is 5.82 Å². The number of methoxy groups -OCH3 is 1. The first kappa shape index (κ1) is 13.2. The fourth-order valence-electron chi connectivity index (χ4n) is 1.86. The number of nitrogen functional groups attached to an aromatic ring is 1. The van der Waals surface area contributed by atoms with Crippen molar-refractivity contribution in [2.75, 3.05) is 24.7 Å². The first-order chi connectivity index (χ1) is 9.20. The third kappa shape index (κ3) is 3.37. The highest BCUT2D eigenvalue weighted by atomic mass is 16.5. The quantitative estimate of drug-likeness (QED) is 0.864. The Morgan fingerprint density at radius 2 is 1.95 bits per heavy atom. The Hall–Kier alpha value is -2.23. The predicted octanol–water partition coefficient (Wildman–Crippen LogP) is 2.89. The normalized spacial score (nSPS) is 11.9. The zero-order chi connectivity index (χ0) is 13.7. The Labute approximate surface area is 113 Å². The first-order valence-corrected chi connectivity index (χ1v) is 6.30. The highest BCUT2D eigenvalue weighted by Gasteiger charge is 2.07. The maximum atomic E-state index is 5.89. The van der Waals surface area contributed by atoms with Gasteiger partial charge in [0.1, 0.15) is 0 Å². The molecule has 3 N–H and O–H groups in total. The molecule has 1 heterocycles. The standard InChI is InChI=1S/C15H19N3O/c1-11(12-6-4-3-5-7-12)10-17-15-13(16)8-9-14(18-15)19-2/h3-9,11H,10,16H2,1-2H3,(H,17,18).